The summed E-state index contributed by atoms with van der Waals surface area (Å²) < 4.78 is 28.4. The third-order valence-corrected chi connectivity index (χ3v) is 6.25. The molecule has 1 fully saturated rings. The molecule has 116 valence electrons. The van der Waals surface area contributed by atoms with Gasteiger partial charge in [-0.25, -0.2) is 13.1 Å². The topological polar surface area (TPSA) is 58.2 Å². The van der Waals surface area contributed by atoms with Crippen molar-refractivity contribution in [2.24, 2.45) is 5.92 Å². The maximum Gasteiger partial charge on any atom is 0.241 e. The Kier molecular flexibility index (Phi) is 4.33. The molecule has 1 aromatic carbocycles. The number of benzene rings is 1. The molecule has 0 radical (unpaired) electrons. The fourth-order valence-corrected chi connectivity index (χ4v) is 5.17. The second-order valence-corrected chi connectivity index (χ2v) is 8.09. The van der Waals surface area contributed by atoms with Gasteiger partial charge in [0.25, 0.3) is 0 Å². The Labute approximate surface area is 127 Å². The third kappa shape index (κ3) is 3.30. The Morgan fingerprint density at radius 2 is 2.14 bits per heavy atom. The van der Waals surface area contributed by atoms with E-state index in [9.17, 15) is 8.42 Å². The third-order valence-electron chi connectivity index (χ3n) is 4.65. The first-order chi connectivity index (χ1) is 10.1. The van der Waals surface area contributed by atoms with Gasteiger partial charge < -0.3 is 5.32 Å². The van der Waals surface area contributed by atoms with Gasteiger partial charge in [-0.15, -0.1) is 0 Å². The van der Waals surface area contributed by atoms with Crippen LogP contribution in [0.25, 0.3) is 0 Å². The molecular formula is C16H24N2O2S. The molecule has 4 nitrogen and oxygen atoms in total. The average Bonchev–Trinajstić information content (AvgIpc) is 2.46. The molecule has 2 aliphatic rings. The molecule has 1 saturated carbocycles. The van der Waals surface area contributed by atoms with Crippen LogP contribution >= 0.6 is 0 Å². The average molecular weight is 308 g/mol. The van der Waals surface area contributed by atoms with Gasteiger partial charge in [0.05, 0.1) is 4.90 Å². The SMILES string of the molecule is CC1CCCC(NS(=O)(=O)c2cccc3c2CCNC3)C1. The van der Waals surface area contributed by atoms with Crippen LogP contribution in [0.2, 0.25) is 0 Å². The molecule has 0 aromatic heterocycles. The summed E-state index contributed by atoms with van der Waals surface area (Å²) in [5.74, 6) is 0.611. The summed E-state index contributed by atoms with van der Waals surface area (Å²) in [5.41, 5.74) is 2.11. The van der Waals surface area contributed by atoms with Crippen LogP contribution in [0.1, 0.15) is 43.7 Å². The molecule has 2 unspecified atom stereocenters. The van der Waals surface area contributed by atoms with E-state index in [1.165, 1.54) is 6.42 Å². The molecule has 2 N–H and O–H groups in total. The fraction of sp³-hybridized carbons (Fsp3) is 0.625. The minimum atomic E-state index is -3.40. The van der Waals surface area contributed by atoms with Crippen molar-refractivity contribution in [3.63, 3.8) is 0 Å². The number of sulfonamides is 1. The maximum absolute atomic E-state index is 12.7. The Morgan fingerprint density at radius 3 is 2.95 bits per heavy atom. The van der Waals surface area contributed by atoms with E-state index in [1.54, 1.807) is 6.07 Å². The van der Waals surface area contributed by atoms with Crippen LogP contribution in [-0.4, -0.2) is 21.0 Å². The van der Waals surface area contributed by atoms with Crippen molar-refractivity contribution in [3.8, 4) is 0 Å². The van der Waals surface area contributed by atoms with E-state index in [0.29, 0.717) is 10.8 Å². The van der Waals surface area contributed by atoms with Gasteiger partial charge in [-0.1, -0.05) is 31.9 Å². The lowest BCUT2D eigenvalue weighted by atomic mass is 9.88. The fourth-order valence-electron chi connectivity index (χ4n) is 3.57. The summed E-state index contributed by atoms with van der Waals surface area (Å²) in [4.78, 5) is 0.486. The standard InChI is InChI=1S/C16H24N2O2S/c1-12-4-2-6-14(10-12)18-21(19,20)16-7-3-5-13-11-17-9-8-15(13)16/h3,5,7,12,14,17-18H,2,4,6,8-11H2,1H3. The summed E-state index contributed by atoms with van der Waals surface area (Å²) in [6, 6.07) is 5.71. The van der Waals surface area contributed by atoms with Crippen molar-refractivity contribution in [3.05, 3.63) is 29.3 Å². The number of nitrogens with one attached hydrogen (secondary N) is 2. The van der Waals surface area contributed by atoms with Gasteiger partial charge in [-0.3, -0.25) is 0 Å². The molecule has 5 heteroatoms. The molecule has 1 heterocycles. The van der Waals surface area contributed by atoms with Gasteiger partial charge in [0.15, 0.2) is 0 Å². The van der Waals surface area contributed by atoms with E-state index >= 15 is 0 Å². The first-order valence-electron chi connectivity index (χ1n) is 7.90. The van der Waals surface area contributed by atoms with Gasteiger partial charge in [0.2, 0.25) is 10.0 Å². The van der Waals surface area contributed by atoms with Crippen LogP contribution in [0.5, 0.6) is 0 Å². The second kappa shape index (κ2) is 6.07. The predicted molar refractivity (Wildman–Crippen MR) is 83.6 cm³/mol. The number of fused-ring (bicyclic) bond motifs is 1. The van der Waals surface area contributed by atoms with Crippen LogP contribution in [0, 0.1) is 5.92 Å². The smallest absolute Gasteiger partial charge is 0.241 e. The predicted octanol–water partition coefficient (Wildman–Crippen LogP) is 2.19. The Balaban J connectivity index is 1.85. The second-order valence-electron chi connectivity index (χ2n) is 6.41. The Hall–Kier alpha value is -0.910. The largest absolute Gasteiger partial charge is 0.312 e. The quantitative estimate of drug-likeness (QED) is 0.900. The summed E-state index contributed by atoms with van der Waals surface area (Å²) in [6.07, 6.45) is 5.03. The van der Waals surface area contributed by atoms with Crippen LogP contribution in [-0.2, 0) is 23.0 Å². The maximum atomic E-state index is 12.7. The molecule has 1 aliphatic carbocycles. The summed E-state index contributed by atoms with van der Waals surface area (Å²) in [6.45, 7) is 3.82. The van der Waals surface area contributed by atoms with Gasteiger partial charge in [0.1, 0.15) is 0 Å². The van der Waals surface area contributed by atoms with Crippen LogP contribution in [0.4, 0.5) is 0 Å². The number of hydrogen-bond donors (Lipinski definition) is 2. The molecule has 21 heavy (non-hydrogen) atoms. The minimum absolute atomic E-state index is 0.0938. The Bertz CT molecular complexity index is 613. The van der Waals surface area contributed by atoms with Crippen LogP contribution in [0.15, 0.2) is 23.1 Å². The van der Waals surface area contributed by atoms with E-state index in [2.05, 4.69) is 17.0 Å². The minimum Gasteiger partial charge on any atom is -0.312 e. The normalized spacial score (nSPS) is 26.3. The van der Waals surface area contributed by atoms with E-state index in [4.69, 9.17) is 0 Å². The van der Waals surface area contributed by atoms with Crippen molar-refractivity contribution in [2.45, 2.75) is 56.5 Å². The summed E-state index contributed by atoms with van der Waals surface area (Å²) in [5, 5.41) is 3.29. The molecule has 0 spiro atoms. The molecule has 1 aliphatic heterocycles. The van der Waals surface area contributed by atoms with Crippen LogP contribution in [0.3, 0.4) is 0 Å². The highest BCUT2D eigenvalue weighted by atomic mass is 32.2. The zero-order chi connectivity index (χ0) is 14.9. The highest BCUT2D eigenvalue weighted by molar-refractivity contribution is 7.89. The molecule has 0 amide bonds. The highest BCUT2D eigenvalue weighted by Crippen LogP contribution is 2.27. The van der Waals surface area contributed by atoms with Crippen molar-refractivity contribution in [1.82, 2.24) is 10.0 Å². The lowest BCUT2D eigenvalue weighted by molar-refractivity contribution is 0.327. The molecule has 0 saturated heterocycles. The molecule has 1 aromatic rings. The number of hydrogen-bond acceptors (Lipinski definition) is 3. The summed E-state index contributed by atoms with van der Waals surface area (Å²) in [7, 11) is -3.40. The zero-order valence-corrected chi connectivity index (χ0v) is 13.4. The Morgan fingerprint density at radius 1 is 1.29 bits per heavy atom. The lowest BCUT2D eigenvalue weighted by Crippen LogP contribution is -2.38. The van der Waals surface area contributed by atoms with Crippen LogP contribution < -0.4 is 10.0 Å². The first kappa shape index (κ1) is 15.0. The van der Waals surface area contributed by atoms with Gasteiger partial charge in [-0.2, -0.15) is 0 Å². The van der Waals surface area contributed by atoms with E-state index in [-0.39, 0.29) is 6.04 Å². The number of rotatable bonds is 3. The molecular weight excluding hydrogens is 284 g/mol. The van der Waals surface area contributed by atoms with Crippen molar-refractivity contribution in [1.29, 1.82) is 0 Å². The van der Waals surface area contributed by atoms with Gasteiger partial charge >= 0.3 is 0 Å². The highest BCUT2D eigenvalue weighted by Gasteiger charge is 2.27. The van der Waals surface area contributed by atoms with Gasteiger partial charge in [-0.05, 0) is 48.9 Å². The lowest BCUT2D eigenvalue weighted by Gasteiger charge is -2.28. The molecule has 3 rings (SSSR count). The van der Waals surface area contributed by atoms with Crippen molar-refractivity contribution < 1.29 is 8.42 Å². The van der Waals surface area contributed by atoms with Crippen molar-refractivity contribution in [2.75, 3.05) is 6.54 Å². The van der Waals surface area contributed by atoms with Gasteiger partial charge in [0, 0.05) is 12.6 Å². The van der Waals surface area contributed by atoms with E-state index < -0.39 is 10.0 Å². The monoisotopic (exact) mass is 308 g/mol. The summed E-state index contributed by atoms with van der Waals surface area (Å²) >= 11 is 0. The van der Waals surface area contributed by atoms with E-state index in [1.807, 2.05) is 12.1 Å². The molecule has 0 bridgehead atoms. The first-order valence-corrected chi connectivity index (χ1v) is 9.38. The molecule has 2 atom stereocenters. The van der Waals surface area contributed by atoms with E-state index in [0.717, 1.165) is 49.9 Å². The zero-order valence-electron chi connectivity index (χ0n) is 12.6. The van der Waals surface area contributed by atoms with Crippen molar-refractivity contribution >= 4 is 10.0 Å².